The summed E-state index contributed by atoms with van der Waals surface area (Å²) in [6.07, 6.45) is 0. The van der Waals surface area contributed by atoms with Crippen LogP contribution in [0.3, 0.4) is 0 Å². The summed E-state index contributed by atoms with van der Waals surface area (Å²) in [6, 6.07) is 60.6. The first-order valence-electron chi connectivity index (χ1n) is 22.6. The van der Waals surface area contributed by atoms with Gasteiger partial charge in [0.2, 0.25) is 0 Å². The molecule has 0 unspecified atom stereocenters. The average molecular weight is 807 g/mol. The first-order valence-corrected chi connectivity index (χ1v) is 22.6. The van der Waals surface area contributed by atoms with Crippen molar-refractivity contribution in [2.75, 3.05) is 0 Å². The van der Waals surface area contributed by atoms with E-state index in [1.807, 2.05) is 0 Å². The van der Waals surface area contributed by atoms with Gasteiger partial charge in [-0.2, -0.15) is 0 Å². The topological polar surface area (TPSA) is 0 Å². The van der Waals surface area contributed by atoms with Crippen LogP contribution in [0.25, 0.3) is 87.6 Å². The molecule has 9 aromatic carbocycles. The third-order valence-corrected chi connectivity index (χ3v) is 13.2. The van der Waals surface area contributed by atoms with Gasteiger partial charge in [0, 0.05) is 0 Å². The minimum Gasteiger partial charge on any atom is -0.0616 e. The molecule has 0 saturated carbocycles. The molecule has 9 rings (SSSR count). The Morgan fingerprint density at radius 3 is 0.726 bits per heavy atom. The van der Waals surface area contributed by atoms with Gasteiger partial charge in [-0.3, -0.25) is 0 Å². The molecule has 0 heteroatoms. The first-order chi connectivity index (χ1) is 29.3. The average Bonchev–Trinajstić information content (AvgIpc) is 3.23. The Balaban J connectivity index is 1.50. The number of benzene rings is 9. The fourth-order valence-electron chi connectivity index (χ4n) is 10.3. The van der Waals surface area contributed by atoms with Crippen LogP contribution in [0.4, 0.5) is 0 Å². The van der Waals surface area contributed by atoms with E-state index in [2.05, 4.69) is 241 Å². The van der Waals surface area contributed by atoms with E-state index in [9.17, 15) is 0 Å². The molecular weight excluding hydrogens is 745 g/mol. The molecule has 0 nitrogen and oxygen atoms in total. The van der Waals surface area contributed by atoms with Crippen molar-refractivity contribution in [3.05, 3.63) is 180 Å². The molecule has 310 valence electrons. The van der Waals surface area contributed by atoms with Gasteiger partial charge in [0.25, 0.3) is 0 Å². The maximum Gasteiger partial charge on any atom is -0.00923 e. The van der Waals surface area contributed by atoms with Crippen molar-refractivity contribution in [2.24, 2.45) is 0 Å². The Bertz CT molecular complexity index is 2860. The second-order valence-electron chi connectivity index (χ2n) is 21.8. The summed E-state index contributed by atoms with van der Waals surface area (Å²) < 4.78 is 0. The summed E-state index contributed by atoms with van der Waals surface area (Å²) in [5.74, 6) is 0. The Morgan fingerprint density at radius 1 is 0.194 bits per heavy atom. The molecule has 9 aromatic rings. The highest BCUT2D eigenvalue weighted by Gasteiger charge is 2.26. The lowest BCUT2D eigenvalue weighted by atomic mass is 9.77. The lowest BCUT2D eigenvalue weighted by Gasteiger charge is -2.26. The van der Waals surface area contributed by atoms with E-state index in [1.165, 1.54) is 110 Å². The summed E-state index contributed by atoms with van der Waals surface area (Å²) in [6.45, 7) is 28.0. The smallest absolute Gasteiger partial charge is 0.00923 e. The van der Waals surface area contributed by atoms with Crippen molar-refractivity contribution >= 4 is 43.1 Å². The van der Waals surface area contributed by atoms with Crippen LogP contribution in [0.1, 0.15) is 105 Å². The maximum atomic E-state index is 2.56. The van der Waals surface area contributed by atoms with Crippen molar-refractivity contribution in [2.45, 2.75) is 105 Å². The van der Waals surface area contributed by atoms with Crippen molar-refractivity contribution in [3.8, 4) is 44.5 Å². The zero-order valence-electron chi connectivity index (χ0n) is 39.0. The largest absolute Gasteiger partial charge is 0.0616 e. The molecule has 0 bridgehead atoms. The van der Waals surface area contributed by atoms with E-state index < -0.39 is 0 Å². The molecule has 0 aromatic heterocycles. The molecular formula is C62H62. The molecule has 0 amide bonds. The minimum absolute atomic E-state index is 0.0110. The highest BCUT2D eigenvalue weighted by atomic mass is 14.3. The van der Waals surface area contributed by atoms with Gasteiger partial charge in [-0.1, -0.05) is 229 Å². The molecule has 0 fully saturated rings. The predicted molar refractivity (Wildman–Crippen MR) is 273 cm³/mol. The predicted octanol–water partition coefficient (Wildman–Crippen LogP) is 18.2. The summed E-state index contributed by atoms with van der Waals surface area (Å²) >= 11 is 0. The Morgan fingerprint density at radius 2 is 0.419 bits per heavy atom. The second kappa shape index (κ2) is 14.8. The van der Waals surface area contributed by atoms with E-state index in [4.69, 9.17) is 0 Å². The van der Waals surface area contributed by atoms with Gasteiger partial charge in [-0.15, -0.1) is 0 Å². The van der Waals surface area contributed by atoms with Crippen molar-refractivity contribution in [1.29, 1.82) is 0 Å². The summed E-state index contributed by atoms with van der Waals surface area (Å²) in [4.78, 5) is 0. The summed E-state index contributed by atoms with van der Waals surface area (Å²) in [5, 5.41) is 10.4. The van der Waals surface area contributed by atoms with Gasteiger partial charge in [0.1, 0.15) is 0 Å². The van der Waals surface area contributed by atoms with Crippen molar-refractivity contribution < 1.29 is 0 Å². The number of fused-ring (bicyclic) bond motifs is 4. The first kappa shape index (κ1) is 41.4. The fraction of sp³-hybridized carbons (Fsp3) is 0.258. The molecule has 0 spiro atoms. The summed E-state index contributed by atoms with van der Waals surface area (Å²) in [7, 11) is 0. The Labute approximate surface area is 370 Å². The van der Waals surface area contributed by atoms with Crippen molar-refractivity contribution in [3.63, 3.8) is 0 Å². The zero-order chi connectivity index (χ0) is 43.9. The molecule has 0 aliphatic carbocycles. The molecule has 0 saturated heterocycles. The molecule has 0 N–H and O–H groups in total. The number of hydrogen-bond acceptors (Lipinski definition) is 0. The van der Waals surface area contributed by atoms with Gasteiger partial charge in [-0.25, -0.2) is 0 Å². The highest BCUT2D eigenvalue weighted by Crippen LogP contribution is 2.50. The molecule has 0 aliphatic rings. The van der Waals surface area contributed by atoms with Crippen LogP contribution in [0.2, 0.25) is 0 Å². The van der Waals surface area contributed by atoms with E-state index in [1.54, 1.807) is 0 Å². The Hall–Kier alpha value is -5.98. The standard InChI is InChI=1S/C62H62/c1-59(2,3)55-31-19-27-41-43(25-17-29-49(41)55)51-37-53(45-33-35-57(61(7,8)9)47-23-15-13-21-39(45)47)54(46-34-36-58(62(10,11)12)48-24-16-14-22-40(46)48)38-52(51)44-26-18-30-50-42(44)28-20-32-56(50)60(4,5)6/h13-38H,1-12H3. The highest BCUT2D eigenvalue weighted by molar-refractivity contribution is 6.13. The van der Waals surface area contributed by atoms with E-state index in [-0.39, 0.29) is 21.7 Å². The lowest BCUT2D eigenvalue weighted by molar-refractivity contribution is 0.595. The fourth-order valence-corrected chi connectivity index (χ4v) is 10.3. The molecule has 0 radical (unpaired) electrons. The quantitative estimate of drug-likeness (QED) is 0.166. The maximum absolute atomic E-state index is 2.56. The minimum atomic E-state index is -0.0110. The molecule has 0 atom stereocenters. The normalized spacial score (nSPS) is 12.8. The van der Waals surface area contributed by atoms with Crippen LogP contribution < -0.4 is 0 Å². The third kappa shape index (κ3) is 7.12. The van der Waals surface area contributed by atoms with Gasteiger partial charge >= 0.3 is 0 Å². The van der Waals surface area contributed by atoms with Gasteiger partial charge < -0.3 is 0 Å². The Kier molecular flexibility index (Phi) is 9.90. The van der Waals surface area contributed by atoms with Crippen LogP contribution in [0.5, 0.6) is 0 Å². The summed E-state index contributed by atoms with van der Waals surface area (Å²) in [5.41, 5.74) is 15.4. The molecule has 62 heavy (non-hydrogen) atoms. The van der Waals surface area contributed by atoms with Crippen LogP contribution in [0, 0.1) is 0 Å². The van der Waals surface area contributed by atoms with Gasteiger partial charge in [-0.05, 0) is 144 Å². The van der Waals surface area contributed by atoms with Crippen LogP contribution >= 0.6 is 0 Å². The van der Waals surface area contributed by atoms with Gasteiger partial charge in [0.05, 0.1) is 0 Å². The van der Waals surface area contributed by atoms with E-state index >= 15 is 0 Å². The SMILES string of the molecule is CC(C)(C)c1cccc2c(-c3cc(-c4ccc(C(C)(C)C)c5ccccc45)c(-c4ccc(C(C)(C)C)c5ccccc45)cc3-c3cccc4c(C(C)(C)C)cccc34)cccc12. The monoisotopic (exact) mass is 806 g/mol. The molecule has 0 aliphatic heterocycles. The van der Waals surface area contributed by atoms with E-state index in [0.717, 1.165) is 0 Å². The number of hydrogen-bond donors (Lipinski definition) is 0. The number of rotatable bonds is 4. The third-order valence-electron chi connectivity index (χ3n) is 13.2. The van der Waals surface area contributed by atoms with Crippen molar-refractivity contribution in [1.82, 2.24) is 0 Å². The van der Waals surface area contributed by atoms with Crippen LogP contribution in [0.15, 0.2) is 158 Å². The van der Waals surface area contributed by atoms with Crippen LogP contribution in [-0.2, 0) is 21.7 Å². The van der Waals surface area contributed by atoms with Crippen LogP contribution in [-0.4, -0.2) is 0 Å². The molecule has 0 heterocycles. The van der Waals surface area contributed by atoms with Gasteiger partial charge in [0.15, 0.2) is 0 Å². The van der Waals surface area contributed by atoms with E-state index in [0.29, 0.717) is 0 Å². The zero-order valence-corrected chi connectivity index (χ0v) is 39.0. The second-order valence-corrected chi connectivity index (χ2v) is 21.8. The lowest BCUT2D eigenvalue weighted by Crippen LogP contribution is -2.12.